The van der Waals surface area contributed by atoms with Crippen LogP contribution in [0.4, 0.5) is 0 Å². The fourth-order valence-electron chi connectivity index (χ4n) is 5.76. The van der Waals surface area contributed by atoms with Gasteiger partial charge >= 0.3 is 0 Å². The summed E-state index contributed by atoms with van der Waals surface area (Å²) in [6.45, 7) is 17.6. The summed E-state index contributed by atoms with van der Waals surface area (Å²) in [7, 11) is 3.31. The molecule has 0 amide bonds. The van der Waals surface area contributed by atoms with Gasteiger partial charge in [-0.25, -0.2) is 0 Å². The lowest BCUT2D eigenvalue weighted by Gasteiger charge is -2.51. The molecule has 266 valence electrons. The van der Waals surface area contributed by atoms with Crippen LogP contribution in [-0.2, 0) is 48.3 Å². The fourth-order valence-corrected chi connectivity index (χ4v) is 5.76. The Kier molecular flexibility index (Phi) is 18.8. The maximum absolute atomic E-state index is 12.6. The van der Waals surface area contributed by atoms with E-state index in [4.69, 9.17) is 23.7 Å². The van der Waals surface area contributed by atoms with Crippen molar-refractivity contribution in [1.29, 1.82) is 0 Å². The topological polar surface area (TPSA) is 63.2 Å². The molecule has 4 atom stereocenters. The van der Waals surface area contributed by atoms with Crippen LogP contribution in [0.15, 0.2) is 126 Å². The lowest BCUT2D eigenvalue weighted by molar-refractivity contribution is -0.325. The van der Waals surface area contributed by atoms with Crippen molar-refractivity contribution in [3.05, 3.63) is 143 Å². The van der Waals surface area contributed by atoms with Gasteiger partial charge in [0.05, 0.1) is 25.9 Å². The maximum Gasteiger partial charge on any atom is 0.194 e. The molecule has 3 aromatic rings. The Hall–Kier alpha value is -3.65. The Morgan fingerprint density at radius 2 is 1.33 bits per heavy atom. The Bertz CT molecular complexity index is 1420. The first-order chi connectivity index (χ1) is 23.7. The van der Waals surface area contributed by atoms with Gasteiger partial charge < -0.3 is 28.5 Å². The molecule has 0 aromatic heterocycles. The third-order valence-electron chi connectivity index (χ3n) is 8.13. The number of benzene rings is 3. The standard InChI is InChI=1S/C33H42O5.C8H10O.C2H6/c1-7-14-25(2)19-26(3)20-27(4)33(35-6)21-30(36-22-28-15-10-8-11-16-28)31(32(5,24-34)38-33)37-23-29-17-12-9-13-18-29;1-9-7-8-5-3-2-4-6-8;1-2/h8-18,20,24,30-31H,3,7,19,21-23H2,1-2,4-6H3;2-6H,7H2,1H3;1-2H3/b25-14+,27-20+;;/t30?,31-,32+,33+;;/m0../s1. The normalized spacial score (nSPS) is 22.2. The highest BCUT2D eigenvalue weighted by Gasteiger charge is 2.56. The Morgan fingerprint density at radius 1 is 0.837 bits per heavy atom. The molecular weight excluding hydrogens is 612 g/mol. The number of methoxy groups -OCH3 is 2. The third-order valence-corrected chi connectivity index (χ3v) is 8.13. The summed E-state index contributed by atoms with van der Waals surface area (Å²) in [6, 6.07) is 30.0. The highest BCUT2D eigenvalue weighted by molar-refractivity contribution is 5.64. The zero-order chi connectivity index (χ0) is 36.1. The van der Waals surface area contributed by atoms with Crippen molar-refractivity contribution < 1.29 is 28.5 Å². The summed E-state index contributed by atoms with van der Waals surface area (Å²) in [6.07, 6.45) is 5.99. The largest absolute Gasteiger partial charge is 0.380 e. The van der Waals surface area contributed by atoms with Crippen molar-refractivity contribution in [3.63, 3.8) is 0 Å². The van der Waals surface area contributed by atoms with E-state index < -0.39 is 23.6 Å². The highest BCUT2D eigenvalue weighted by Crippen LogP contribution is 2.43. The smallest absolute Gasteiger partial charge is 0.194 e. The summed E-state index contributed by atoms with van der Waals surface area (Å²) in [5, 5.41) is 0. The fraction of sp³-hybridized carbons (Fsp3) is 0.419. The van der Waals surface area contributed by atoms with Crippen molar-refractivity contribution in [2.24, 2.45) is 0 Å². The van der Waals surface area contributed by atoms with Crippen LogP contribution in [0.25, 0.3) is 0 Å². The SMILES string of the molecule is C=C(/C=C(\C)[C@@]1(OC)CC(OCc2ccccc2)[C@H](OCc2ccccc2)[C@@](C)(C=O)O1)C/C(C)=C/CC.CC.COCc1ccccc1. The Labute approximate surface area is 295 Å². The molecule has 0 bridgehead atoms. The minimum atomic E-state index is -1.31. The van der Waals surface area contributed by atoms with E-state index >= 15 is 0 Å². The van der Waals surface area contributed by atoms with E-state index in [0.717, 1.165) is 41.4 Å². The van der Waals surface area contributed by atoms with E-state index in [1.807, 2.05) is 118 Å². The van der Waals surface area contributed by atoms with Crippen LogP contribution < -0.4 is 0 Å². The number of allylic oxidation sites excluding steroid dienone is 4. The van der Waals surface area contributed by atoms with Crippen LogP contribution >= 0.6 is 0 Å². The molecule has 6 heteroatoms. The number of rotatable bonds is 15. The first-order valence-electron chi connectivity index (χ1n) is 17.3. The van der Waals surface area contributed by atoms with Gasteiger partial charge in [-0.05, 0) is 55.9 Å². The van der Waals surface area contributed by atoms with Gasteiger partial charge in [0.25, 0.3) is 0 Å². The molecule has 1 unspecified atom stereocenters. The van der Waals surface area contributed by atoms with Crippen LogP contribution in [-0.4, -0.2) is 44.1 Å². The molecule has 6 nitrogen and oxygen atoms in total. The molecule has 1 aliphatic rings. The van der Waals surface area contributed by atoms with Gasteiger partial charge in [0.15, 0.2) is 17.7 Å². The van der Waals surface area contributed by atoms with E-state index in [2.05, 4.69) is 26.5 Å². The summed E-state index contributed by atoms with van der Waals surface area (Å²) in [5.74, 6) is -1.17. The predicted molar refractivity (Wildman–Crippen MR) is 200 cm³/mol. The van der Waals surface area contributed by atoms with Crippen LogP contribution in [0.5, 0.6) is 0 Å². The lowest BCUT2D eigenvalue weighted by atomic mass is 9.83. The zero-order valence-corrected chi connectivity index (χ0v) is 30.9. The minimum Gasteiger partial charge on any atom is -0.380 e. The number of carbonyl (C=O) groups is 1. The van der Waals surface area contributed by atoms with Gasteiger partial charge in [-0.3, -0.25) is 0 Å². The van der Waals surface area contributed by atoms with Crippen LogP contribution in [0.2, 0.25) is 0 Å². The summed E-state index contributed by atoms with van der Waals surface area (Å²) in [4.78, 5) is 12.6. The number of aldehydes is 1. The second kappa shape index (κ2) is 22.1. The van der Waals surface area contributed by atoms with Crippen molar-refractivity contribution in [2.45, 2.75) is 104 Å². The molecule has 1 saturated heterocycles. The number of carbonyl (C=O) groups excluding carboxylic acids is 1. The quantitative estimate of drug-likeness (QED) is 0.0911. The molecule has 1 heterocycles. The van der Waals surface area contributed by atoms with Gasteiger partial charge in [-0.2, -0.15) is 0 Å². The number of ether oxygens (including phenoxy) is 5. The molecule has 0 aliphatic carbocycles. The summed E-state index contributed by atoms with van der Waals surface area (Å²) < 4.78 is 30.4. The van der Waals surface area contributed by atoms with Crippen molar-refractivity contribution in [1.82, 2.24) is 0 Å². The van der Waals surface area contributed by atoms with Gasteiger partial charge in [0, 0.05) is 20.6 Å². The maximum atomic E-state index is 12.6. The molecule has 0 N–H and O–H groups in total. The van der Waals surface area contributed by atoms with E-state index in [-0.39, 0.29) is 0 Å². The second-order valence-corrected chi connectivity index (χ2v) is 12.2. The first kappa shape index (κ1) is 41.5. The average molecular weight is 671 g/mol. The third kappa shape index (κ3) is 13.3. The lowest BCUT2D eigenvalue weighted by Crippen LogP contribution is -2.64. The Morgan fingerprint density at radius 3 is 1.78 bits per heavy atom. The molecule has 0 spiro atoms. The van der Waals surface area contributed by atoms with E-state index in [9.17, 15) is 4.79 Å². The average Bonchev–Trinajstić information content (AvgIpc) is 3.12. The second-order valence-electron chi connectivity index (χ2n) is 12.2. The van der Waals surface area contributed by atoms with Crippen LogP contribution in [0.3, 0.4) is 0 Å². The van der Waals surface area contributed by atoms with Crippen molar-refractivity contribution in [2.75, 3.05) is 14.2 Å². The summed E-state index contributed by atoms with van der Waals surface area (Å²) in [5.41, 5.74) is 5.00. The van der Waals surface area contributed by atoms with Crippen molar-refractivity contribution >= 4 is 6.29 Å². The van der Waals surface area contributed by atoms with Crippen molar-refractivity contribution in [3.8, 4) is 0 Å². The monoisotopic (exact) mass is 670 g/mol. The molecule has 0 radical (unpaired) electrons. The molecular formula is C43H58O6. The van der Waals surface area contributed by atoms with E-state index in [0.29, 0.717) is 26.2 Å². The molecule has 3 aromatic carbocycles. The molecule has 0 saturated carbocycles. The number of hydrogen-bond acceptors (Lipinski definition) is 6. The summed E-state index contributed by atoms with van der Waals surface area (Å²) >= 11 is 0. The van der Waals surface area contributed by atoms with Crippen LogP contribution in [0, 0.1) is 0 Å². The zero-order valence-electron chi connectivity index (χ0n) is 30.9. The Balaban J connectivity index is 0.000000647. The van der Waals surface area contributed by atoms with Gasteiger partial charge in [-0.15, -0.1) is 0 Å². The van der Waals surface area contributed by atoms with E-state index in [1.54, 1.807) is 21.1 Å². The molecule has 49 heavy (non-hydrogen) atoms. The molecule has 4 rings (SSSR count). The molecule has 1 fully saturated rings. The van der Waals surface area contributed by atoms with Gasteiger partial charge in [0.2, 0.25) is 0 Å². The van der Waals surface area contributed by atoms with E-state index in [1.165, 1.54) is 11.1 Å². The molecule has 1 aliphatic heterocycles. The van der Waals surface area contributed by atoms with Crippen LogP contribution in [0.1, 0.15) is 77.5 Å². The predicted octanol–water partition coefficient (Wildman–Crippen LogP) is 9.99. The first-order valence-corrected chi connectivity index (χ1v) is 17.3. The minimum absolute atomic E-state index is 0.331. The van der Waals surface area contributed by atoms with Gasteiger partial charge in [0.1, 0.15) is 6.10 Å². The highest BCUT2D eigenvalue weighted by atomic mass is 16.7. The number of hydrogen-bond donors (Lipinski definition) is 0. The van der Waals surface area contributed by atoms with Gasteiger partial charge in [-0.1, -0.05) is 142 Å².